The predicted molar refractivity (Wildman–Crippen MR) is 159 cm³/mol. The first-order valence-electron chi connectivity index (χ1n) is 13.7. The molecule has 8 heteroatoms. The lowest BCUT2D eigenvalue weighted by atomic mass is 9.71. The minimum absolute atomic E-state index is 0.0255. The molecule has 3 aromatic carbocycles. The van der Waals surface area contributed by atoms with E-state index >= 15 is 0 Å². The van der Waals surface area contributed by atoms with Crippen LogP contribution in [0, 0.1) is 0 Å². The molecule has 0 radical (unpaired) electrons. The molecule has 0 saturated carbocycles. The Balaban J connectivity index is 1.48. The molecule has 5 rings (SSSR count). The van der Waals surface area contributed by atoms with Crippen LogP contribution in [0.1, 0.15) is 49.7 Å². The van der Waals surface area contributed by atoms with Crippen molar-refractivity contribution in [3.05, 3.63) is 111 Å². The maximum atomic E-state index is 13.9. The van der Waals surface area contributed by atoms with Gasteiger partial charge in [0.25, 0.3) is 0 Å². The third-order valence-electron chi connectivity index (χ3n) is 7.33. The number of para-hydroxylation sites is 1. The molecule has 2 aliphatic rings. The van der Waals surface area contributed by atoms with Crippen molar-refractivity contribution in [1.82, 2.24) is 5.32 Å². The third kappa shape index (κ3) is 6.17. The number of ether oxygens (including phenoxy) is 3. The molecule has 0 spiro atoms. The maximum Gasteiger partial charge on any atom is 0.336 e. The number of aromatic hydroxyl groups is 1. The predicted octanol–water partition coefficient (Wildman–Crippen LogP) is 6.54. The van der Waals surface area contributed by atoms with Crippen molar-refractivity contribution in [2.75, 3.05) is 19.8 Å². The van der Waals surface area contributed by atoms with Crippen LogP contribution in [0.25, 0.3) is 0 Å². The highest BCUT2D eigenvalue weighted by Crippen LogP contribution is 2.48. The van der Waals surface area contributed by atoms with Gasteiger partial charge in [0.1, 0.15) is 19.0 Å². The second-order valence-electron chi connectivity index (χ2n) is 10.0. The molecule has 0 bridgehead atoms. The van der Waals surface area contributed by atoms with Crippen molar-refractivity contribution in [1.29, 1.82) is 0 Å². The van der Waals surface area contributed by atoms with E-state index in [1.165, 1.54) is 0 Å². The lowest BCUT2D eigenvalue weighted by Gasteiger charge is -2.37. The van der Waals surface area contributed by atoms with Gasteiger partial charge in [0, 0.05) is 29.3 Å². The van der Waals surface area contributed by atoms with Gasteiger partial charge in [-0.3, -0.25) is 4.79 Å². The van der Waals surface area contributed by atoms with Gasteiger partial charge in [-0.1, -0.05) is 48.5 Å². The van der Waals surface area contributed by atoms with Gasteiger partial charge in [-0.25, -0.2) is 4.79 Å². The third-order valence-corrected chi connectivity index (χ3v) is 7.94. The zero-order valence-electron chi connectivity index (χ0n) is 23.0. The van der Waals surface area contributed by atoms with Crippen molar-refractivity contribution in [3.8, 4) is 17.2 Å². The van der Waals surface area contributed by atoms with Crippen LogP contribution in [-0.4, -0.2) is 36.7 Å². The fraction of sp³-hybridized carbons (Fsp3) is 0.273. The van der Waals surface area contributed by atoms with E-state index in [0.29, 0.717) is 52.1 Å². The highest BCUT2D eigenvalue weighted by Gasteiger charge is 2.42. The number of benzene rings is 3. The number of phenols is 1. The normalized spacial score (nSPS) is 18.5. The largest absolute Gasteiger partial charge is 0.503 e. The van der Waals surface area contributed by atoms with Crippen LogP contribution >= 0.6 is 15.9 Å². The van der Waals surface area contributed by atoms with Gasteiger partial charge in [0.15, 0.2) is 17.3 Å². The van der Waals surface area contributed by atoms with E-state index in [9.17, 15) is 14.7 Å². The molecular formula is C33H32BrNO6. The van der Waals surface area contributed by atoms with Crippen LogP contribution in [0.2, 0.25) is 0 Å². The Bertz CT molecular complexity index is 1500. The monoisotopic (exact) mass is 617 g/mol. The summed E-state index contributed by atoms with van der Waals surface area (Å²) in [6.45, 7) is 4.21. The molecule has 212 valence electrons. The van der Waals surface area contributed by atoms with E-state index in [4.69, 9.17) is 14.2 Å². The van der Waals surface area contributed by atoms with E-state index in [0.717, 1.165) is 11.3 Å². The first-order chi connectivity index (χ1) is 19.9. The standard InChI is InChI=1S/C33H32BrNO6/c1-3-39-28-19-23(16-25(34)32(28)37)30-29(33(38)41-15-14-40-24-12-8-5-9-13-24)20(2)35-26-17-22(18-27(36)31(26)30)21-10-6-4-7-11-21/h4-13,16,19,22,30,35,37H,3,14-15,17-18H2,1-2H3. The van der Waals surface area contributed by atoms with Crippen molar-refractivity contribution in [2.24, 2.45) is 0 Å². The lowest BCUT2D eigenvalue weighted by molar-refractivity contribution is -0.140. The number of dihydropyridines is 1. The SMILES string of the molecule is CCOc1cc(C2C(C(=O)OCCOc3ccccc3)=C(C)NC3=C2C(=O)CC(c2ccccc2)C3)cc(Br)c1O. The number of Topliss-reactive ketones (excluding diaryl/α,β-unsaturated/α-hetero) is 1. The lowest BCUT2D eigenvalue weighted by Crippen LogP contribution is -2.36. The Morgan fingerprint density at radius 3 is 2.39 bits per heavy atom. The molecule has 1 aliphatic carbocycles. The number of nitrogens with one attached hydrogen (secondary N) is 1. The summed E-state index contributed by atoms with van der Waals surface area (Å²) >= 11 is 3.43. The summed E-state index contributed by atoms with van der Waals surface area (Å²) in [6, 6.07) is 22.7. The van der Waals surface area contributed by atoms with Crippen molar-refractivity contribution in [3.63, 3.8) is 0 Å². The highest BCUT2D eigenvalue weighted by molar-refractivity contribution is 9.10. The molecule has 2 N–H and O–H groups in total. The number of esters is 1. The van der Waals surface area contributed by atoms with E-state index in [-0.39, 0.29) is 36.4 Å². The molecule has 2 unspecified atom stereocenters. The molecule has 1 heterocycles. The first kappa shape index (κ1) is 28.5. The fourth-order valence-corrected chi connectivity index (χ4v) is 5.98. The summed E-state index contributed by atoms with van der Waals surface area (Å²) in [6.07, 6.45) is 0.953. The van der Waals surface area contributed by atoms with Crippen LogP contribution in [0.5, 0.6) is 17.2 Å². The van der Waals surface area contributed by atoms with E-state index < -0.39 is 11.9 Å². The van der Waals surface area contributed by atoms with Crippen molar-refractivity contribution >= 4 is 27.7 Å². The number of ketones is 1. The number of phenolic OH excluding ortho intramolecular Hbond substituents is 1. The van der Waals surface area contributed by atoms with Crippen LogP contribution < -0.4 is 14.8 Å². The summed E-state index contributed by atoms with van der Waals surface area (Å²) in [5.74, 6) is -0.338. The van der Waals surface area contributed by atoms with Gasteiger partial charge in [-0.2, -0.15) is 0 Å². The molecule has 41 heavy (non-hydrogen) atoms. The van der Waals surface area contributed by atoms with Crippen molar-refractivity contribution in [2.45, 2.75) is 38.5 Å². The minimum Gasteiger partial charge on any atom is -0.503 e. The number of carbonyl (C=O) groups is 2. The summed E-state index contributed by atoms with van der Waals surface area (Å²) in [7, 11) is 0. The molecule has 3 aromatic rings. The Morgan fingerprint density at radius 2 is 1.68 bits per heavy atom. The Kier molecular flexibility index (Phi) is 8.78. The van der Waals surface area contributed by atoms with Gasteiger partial charge in [0.2, 0.25) is 0 Å². The molecule has 0 fully saturated rings. The molecule has 2 atom stereocenters. The van der Waals surface area contributed by atoms with Gasteiger partial charge in [-0.15, -0.1) is 0 Å². The van der Waals surface area contributed by atoms with Crippen LogP contribution in [0.4, 0.5) is 0 Å². The molecule has 0 saturated heterocycles. The number of hydrogen-bond acceptors (Lipinski definition) is 7. The molecule has 1 aliphatic heterocycles. The summed E-state index contributed by atoms with van der Waals surface area (Å²) in [4.78, 5) is 27.5. The minimum atomic E-state index is -0.700. The van der Waals surface area contributed by atoms with E-state index in [1.54, 1.807) is 12.1 Å². The summed E-state index contributed by atoms with van der Waals surface area (Å²) < 4.78 is 17.5. The Hall–Kier alpha value is -4.04. The van der Waals surface area contributed by atoms with Gasteiger partial charge in [-0.05, 0) is 77.5 Å². The van der Waals surface area contributed by atoms with Gasteiger partial charge >= 0.3 is 5.97 Å². The maximum absolute atomic E-state index is 13.9. The number of rotatable bonds is 9. The number of allylic oxidation sites excluding steroid dienone is 3. The number of hydrogen-bond donors (Lipinski definition) is 2. The molecule has 7 nitrogen and oxygen atoms in total. The Morgan fingerprint density at radius 1 is 0.976 bits per heavy atom. The zero-order valence-corrected chi connectivity index (χ0v) is 24.6. The van der Waals surface area contributed by atoms with Gasteiger partial charge < -0.3 is 24.6 Å². The first-order valence-corrected chi connectivity index (χ1v) is 14.5. The van der Waals surface area contributed by atoms with Gasteiger partial charge in [0.05, 0.1) is 16.7 Å². The second kappa shape index (κ2) is 12.6. The zero-order chi connectivity index (χ0) is 28.9. The van der Waals surface area contributed by atoms with E-state index in [2.05, 4.69) is 21.2 Å². The number of halogens is 1. The Labute approximate surface area is 248 Å². The van der Waals surface area contributed by atoms with Crippen LogP contribution in [-0.2, 0) is 14.3 Å². The molecule has 0 aromatic heterocycles. The average molecular weight is 619 g/mol. The smallest absolute Gasteiger partial charge is 0.336 e. The summed E-state index contributed by atoms with van der Waals surface area (Å²) in [5.41, 5.74) is 4.04. The van der Waals surface area contributed by atoms with Crippen LogP contribution in [0.3, 0.4) is 0 Å². The molecular weight excluding hydrogens is 586 g/mol. The second-order valence-corrected chi connectivity index (χ2v) is 10.9. The van der Waals surface area contributed by atoms with Crippen molar-refractivity contribution < 1.29 is 28.9 Å². The summed E-state index contributed by atoms with van der Waals surface area (Å²) in [5, 5.41) is 14.0. The average Bonchev–Trinajstić information content (AvgIpc) is 2.97. The van der Waals surface area contributed by atoms with E-state index in [1.807, 2.05) is 74.5 Å². The van der Waals surface area contributed by atoms with Crippen LogP contribution in [0.15, 0.2) is 99.8 Å². The topological polar surface area (TPSA) is 94.1 Å². The fourth-order valence-electron chi connectivity index (χ4n) is 5.52. The number of carbonyl (C=O) groups excluding carboxylic acids is 2. The molecule has 0 amide bonds. The quantitative estimate of drug-likeness (QED) is 0.208. The highest BCUT2D eigenvalue weighted by atomic mass is 79.9.